The molecule has 0 radical (unpaired) electrons. The van der Waals surface area contributed by atoms with Gasteiger partial charge in [0.25, 0.3) is 0 Å². The maximum absolute atomic E-state index is 10.7. The van der Waals surface area contributed by atoms with E-state index >= 15 is 0 Å². The van der Waals surface area contributed by atoms with E-state index in [2.05, 4.69) is 0 Å². The molecule has 0 aliphatic heterocycles. The maximum Gasteiger partial charge on any atom is 0.303 e. The number of benzene rings is 1. The van der Waals surface area contributed by atoms with Crippen LogP contribution in [0.15, 0.2) is 18.2 Å². The zero-order valence-corrected chi connectivity index (χ0v) is 13.7. The van der Waals surface area contributed by atoms with Crippen LogP contribution in [-0.2, 0) is 33.6 Å². The molecule has 1 aromatic carbocycles. The van der Waals surface area contributed by atoms with Gasteiger partial charge in [-0.15, -0.1) is 0 Å². The first-order valence-corrected chi connectivity index (χ1v) is 8.15. The number of carboxylic acid groups (broad SMARTS) is 3. The first-order chi connectivity index (χ1) is 11.4. The van der Waals surface area contributed by atoms with E-state index in [1.807, 2.05) is 18.2 Å². The van der Waals surface area contributed by atoms with Crippen LogP contribution < -0.4 is 0 Å². The molecule has 0 aliphatic rings. The summed E-state index contributed by atoms with van der Waals surface area (Å²) < 4.78 is 0. The Morgan fingerprint density at radius 1 is 0.667 bits per heavy atom. The van der Waals surface area contributed by atoms with Gasteiger partial charge in [-0.3, -0.25) is 14.4 Å². The molecule has 24 heavy (non-hydrogen) atoms. The molecule has 6 nitrogen and oxygen atoms in total. The van der Waals surface area contributed by atoms with E-state index < -0.39 is 17.9 Å². The minimum atomic E-state index is -0.842. The van der Waals surface area contributed by atoms with Crippen LogP contribution in [0.5, 0.6) is 0 Å². The number of hydrogen-bond donors (Lipinski definition) is 3. The van der Waals surface area contributed by atoms with Gasteiger partial charge in [0.1, 0.15) is 0 Å². The van der Waals surface area contributed by atoms with Crippen molar-refractivity contribution in [3.63, 3.8) is 0 Å². The molecule has 1 aromatic rings. The second-order valence-electron chi connectivity index (χ2n) is 5.80. The van der Waals surface area contributed by atoms with Crippen molar-refractivity contribution in [2.75, 3.05) is 0 Å². The second-order valence-corrected chi connectivity index (χ2v) is 5.80. The summed E-state index contributed by atoms with van der Waals surface area (Å²) in [5, 5.41) is 26.3. The van der Waals surface area contributed by atoms with Gasteiger partial charge in [0.05, 0.1) is 0 Å². The molecule has 0 unspecified atom stereocenters. The highest BCUT2D eigenvalue weighted by molar-refractivity contribution is 5.67. The van der Waals surface area contributed by atoms with Gasteiger partial charge in [0, 0.05) is 19.3 Å². The topological polar surface area (TPSA) is 112 Å². The molecule has 0 spiro atoms. The van der Waals surface area contributed by atoms with Crippen LogP contribution in [0.4, 0.5) is 0 Å². The average molecular weight is 336 g/mol. The van der Waals surface area contributed by atoms with E-state index in [-0.39, 0.29) is 19.3 Å². The molecule has 1 rings (SSSR count). The fourth-order valence-electron chi connectivity index (χ4n) is 2.75. The summed E-state index contributed by atoms with van der Waals surface area (Å²) in [6, 6.07) is 5.78. The summed E-state index contributed by atoms with van der Waals surface area (Å²) in [6.07, 6.45) is 3.70. The maximum atomic E-state index is 10.7. The molecule has 0 bridgehead atoms. The van der Waals surface area contributed by atoms with Crippen LogP contribution in [0.3, 0.4) is 0 Å². The molecule has 0 fully saturated rings. The number of carboxylic acids is 3. The monoisotopic (exact) mass is 336 g/mol. The van der Waals surface area contributed by atoms with Crippen LogP contribution in [0.1, 0.15) is 55.2 Å². The van der Waals surface area contributed by atoms with Gasteiger partial charge in [-0.2, -0.15) is 0 Å². The van der Waals surface area contributed by atoms with Crippen molar-refractivity contribution in [3.8, 4) is 0 Å². The highest BCUT2D eigenvalue weighted by Gasteiger charge is 2.11. The Bertz CT molecular complexity index is 541. The van der Waals surface area contributed by atoms with Crippen molar-refractivity contribution in [3.05, 3.63) is 34.9 Å². The summed E-state index contributed by atoms with van der Waals surface area (Å²) in [6.45, 7) is 0. The SMILES string of the molecule is O=C(O)CCCc1cccc(CCCC(=O)O)c1CCCC(=O)O. The van der Waals surface area contributed by atoms with Gasteiger partial charge < -0.3 is 15.3 Å². The quantitative estimate of drug-likeness (QED) is 0.541. The van der Waals surface area contributed by atoms with Crippen molar-refractivity contribution in [2.24, 2.45) is 0 Å². The molecular weight excluding hydrogens is 312 g/mol. The molecule has 0 atom stereocenters. The zero-order valence-electron chi connectivity index (χ0n) is 13.7. The van der Waals surface area contributed by atoms with Gasteiger partial charge in [0.15, 0.2) is 0 Å². The van der Waals surface area contributed by atoms with E-state index in [1.165, 1.54) is 0 Å². The number of rotatable bonds is 12. The molecular formula is C18H24O6. The van der Waals surface area contributed by atoms with E-state index in [1.54, 1.807) is 0 Å². The minimum Gasteiger partial charge on any atom is -0.481 e. The highest BCUT2D eigenvalue weighted by atomic mass is 16.4. The lowest BCUT2D eigenvalue weighted by atomic mass is 9.91. The van der Waals surface area contributed by atoms with Crippen molar-refractivity contribution in [1.82, 2.24) is 0 Å². The Labute approximate surface area is 141 Å². The van der Waals surface area contributed by atoms with Crippen LogP contribution in [-0.4, -0.2) is 33.2 Å². The first kappa shape index (κ1) is 19.7. The molecule has 0 saturated carbocycles. The number of carbonyl (C=O) groups is 3. The van der Waals surface area contributed by atoms with Crippen molar-refractivity contribution >= 4 is 17.9 Å². The average Bonchev–Trinajstić information content (AvgIpc) is 2.48. The van der Waals surface area contributed by atoms with Gasteiger partial charge in [-0.25, -0.2) is 0 Å². The van der Waals surface area contributed by atoms with Crippen LogP contribution in [0, 0.1) is 0 Å². The molecule has 3 N–H and O–H groups in total. The van der Waals surface area contributed by atoms with Crippen LogP contribution in [0.2, 0.25) is 0 Å². The largest absolute Gasteiger partial charge is 0.481 e. The van der Waals surface area contributed by atoms with E-state index in [9.17, 15) is 14.4 Å². The van der Waals surface area contributed by atoms with Gasteiger partial charge >= 0.3 is 17.9 Å². The predicted octanol–water partition coefficient (Wildman–Crippen LogP) is 2.91. The fraction of sp³-hybridized carbons (Fsp3) is 0.500. The Morgan fingerprint density at radius 3 is 1.42 bits per heavy atom. The van der Waals surface area contributed by atoms with E-state index in [0.717, 1.165) is 16.7 Å². The van der Waals surface area contributed by atoms with Gasteiger partial charge in [-0.05, 0) is 55.2 Å². The van der Waals surface area contributed by atoms with Gasteiger partial charge in [-0.1, -0.05) is 18.2 Å². The summed E-state index contributed by atoms with van der Waals surface area (Å²) in [5.74, 6) is -2.51. The molecule has 6 heteroatoms. The van der Waals surface area contributed by atoms with E-state index in [0.29, 0.717) is 38.5 Å². The molecule has 132 valence electrons. The molecule has 0 aromatic heterocycles. The summed E-state index contributed by atoms with van der Waals surface area (Å²) >= 11 is 0. The Kier molecular flexibility index (Phi) is 8.54. The van der Waals surface area contributed by atoms with Crippen LogP contribution >= 0.6 is 0 Å². The summed E-state index contributed by atoms with van der Waals surface area (Å²) in [7, 11) is 0. The summed E-state index contributed by atoms with van der Waals surface area (Å²) in [5.41, 5.74) is 3.12. The first-order valence-electron chi connectivity index (χ1n) is 8.15. The minimum absolute atomic E-state index is 0.0814. The second kappa shape index (κ2) is 10.4. The fourth-order valence-corrected chi connectivity index (χ4v) is 2.75. The Hall–Kier alpha value is -2.37. The Morgan fingerprint density at radius 2 is 1.04 bits per heavy atom. The highest BCUT2D eigenvalue weighted by Crippen LogP contribution is 2.22. The third kappa shape index (κ3) is 7.76. The van der Waals surface area contributed by atoms with E-state index in [4.69, 9.17) is 15.3 Å². The Balaban J connectivity index is 2.83. The molecule has 0 amide bonds. The lowest BCUT2D eigenvalue weighted by molar-refractivity contribution is -0.138. The van der Waals surface area contributed by atoms with Crippen LogP contribution in [0.25, 0.3) is 0 Å². The molecule has 0 aliphatic carbocycles. The molecule has 0 saturated heterocycles. The lowest BCUT2D eigenvalue weighted by Crippen LogP contribution is -2.05. The predicted molar refractivity (Wildman–Crippen MR) is 88.2 cm³/mol. The standard InChI is InChI=1S/C18H24O6/c19-16(20)10-2-7-13-5-1-6-14(8-3-11-17(21)22)15(13)9-4-12-18(23)24/h1,5-6H,2-4,7-12H2,(H,19,20)(H,21,22)(H,23,24). The zero-order chi connectivity index (χ0) is 17.9. The number of hydrogen-bond acceptors (Lipinski definition) is 3. The third-order valence-electron chi connectivity index (χ3n) is 3.86. The van der Waals surface area contributed by atoms with Crippen molar-refractivity contribution in [1.29, 1.82) is 0 Å². The normalized spacial score (nSPS) is 10.5. The number of aryl methyl sites for hydroxylation is 2. The smallest absolute Gasteiger partial charge is 0.303 e. The summed E-state index contributed by atoms with van der Waals surface area (Å²) in [4.78, 5) is 32.1. The lowest BCUT2D eigenvalue weighted by Gasteiger charge is -2.15. The van der Waals surface area contributed by atoms with Gasteiger partial charge in [0.2, 0.25) is 0 Å². The van der Waals surface area contributed by atoms with Crippen molar-refractivity contribution in [2.45, 2.75) is 57.8 Å². The molecule has 0 heterocycles. The van der Waals surface area contributed by atoms with Crippen molar-refractivity contribution < 1.29 is 29.7 Å². The third-order valence-corrected chi connectivity index (χ3v) is 3.86. The number of aliphatic carboxylic acids is 3.